The third-order valence-corrected chi connectivity index (χ3v) is 5.94. The number of rotatable bonds is 4. The third-order valence-electron chi connectivity index (χ3n) is 3.79. The van der Waals surface area contributed by atoms with Gasteiger partial charge in [-0.25, -0.2) is 0 Å². The highest BCUT2D eigenvalue weighted by Crippen LogP contribution is 2.37. The van der Waals surface area contributed by atoms with Crippen molar-refractivity contribution in [2.75, 3.05) is 18.8 Å². The average Bonchev–Trinajstić information content (AvgIpc) is 2.51. The first-order chi connectivity index (χ1) is 11.8. The predicted octanol–water partition coefficient (Wildman–Crippen LogP) is 3.32. The molecule has 0 bridgehead atoms. The molecule has 1 aliphatic heterocycles. The van der Waals surface area contributed by atoms with E-state index < -0.39 is 44.1 Å². The quantitative estimate of drug-likeness (QED) is 0.622. The highest BCUT2D eigenvalue weighted by Gasteiger charge is 2.50. The predicted molar refractivity (Wildman–Crippen MR) is 84.2 cm³/mol. The summed E-state index contributed by atoms with van der Waals surface area (Å²) in [6.07, 6.45) is -5.84. The van der Waals surface area contributed by atoms with Crippen molar-refractivity contribution in [2.24, 2.45) is 5.73 Å². The molecule has 0 aromatic heterocycles. The Morgan fingerprint density at radius 2 is 1.62 bits per heavy atom. The van der Waals surface area contributed by atoms with Crippen LogP contribution in [0.2, 0.25) is 0 Å². The van der Waals surface area contributed by atoms with Crippen molar-refractivity contribution in [3.05, 3.63) is 53.8 Å². The van der Waals surface area contributed by atoms with Gasteiger partial charge in [-0.3, -0.25) is 0 Å². The zero-order chi connectivity index (χ0) is 19.8. The summed E-state index contributed by atoms with van der Waals surface area (Å²) < 4.78 is 100. The van der Waals surface area contributed by atoms with Crippen LogP contribution in [0.15, 0.2) is 48.2 Å². The summed E-state index contributed by atoms with van der Waals surface area (Å²) in [6, 6.07) is 2.99. The van der Waals surface area contributed by atoms with Crippen molar-refractivity contribution in [1.82, 2.24) is 3.89 Å². The molecular formula is C15H15F6N2O2S+. The van der Waals surface area contributed by atoms with E-state index in [1.54, 1.807) is 0 Å². The van der Waals surface area contributed by atoms with Crippen LogP contribution in [0.1, 0.15) is 5.56 Å². The van der Waals surface area contributed by atoms with Crippen LogP contribution in [0, 0.1) is 0 Å². The number of benzene rings is 1. The molecule has 1 atom stereocenters. The molecule has 1 aliphatic rings. The molecule has 2 rings (SSSR count). The van der Waals surface area contributed by atoms with E-state index in [2.05, 4.69) is 0 Å². The number of hydrogen-bond donors (Lipinski definition) is 1. The van der Waals surface area contributed by atoms with Crippen LogP contribution in [-0.4, -0.2) is 33.4 Å². The minimum Gasteiger partial charge on any atom is -0.326 e. The summed E-state index contributed by atoms with van der Waals surface area (Å²) in [4.78, 5) is 0. The van der Waals surface area contributed by atoms with Gasteiger partial charge in [0.2, 0.25) is 0 Å². The van der Waals surface area contributed by atoms with Crippen LogP contribution in [0.25, 0.3) is 0 Å². The Balaban J connectivity index is 2.63. The second kappa shape index (κ2) is 6.71. The van der Waals surface area contributed by atoms with E-state index in [1.165, 1.54) is 12.2 Å². The van der Waals surface area contributed by atoms with Gasteiger partial charge in [-0.1, -0.05) is 6.08 Å². The van der Waals surface area contributed by atoms with Crippen molar-refractivity contribution < 1.29 is 34.8 Å². The Kier molecular flexibility index (Phi) is 5.28. The second-order valence-corrected chi connectivity index (χ2v) is 7.78. The van der Waals surface area contributed by atoms with E-state index in [9.17, 15) is 34.8 Å². The SMILES string of the molecule is NCC1=C[N+](c2ccc(C(F)(F)F)cc2)(S(=O)(=O)CC(F)(F)F)CC=C1. The van der Waals surface area contributed by atoms with Gasteiger partial charge in [0.1, 0.15) is 12.7 Å². The lowest BCUT2D eigenvalue weighted by Crippen LogP contribution is -2.54. The number of alkyl halides is 6. The first-order valence-electron chi connectivity index (χ1n) is 7.24. The maximum absolute atomic E-state index is 12.8. The van der Waals surface area contributed by atoms with Crippen LogP contribution < -0.4 is 9.62 Å². The Hall–Kier alpha value is -1.85. The Labute approximate surface area is 145 Å². The lowest BCUT2D eigenvalue weighted by atomic mass is 10.1. The number of hydrogen-bond acceptors (Lipinski definition) is 3. The second-order valence-electron chi connectivity index (χ2n) is 5.67. The summed E-state index contributed by atoms with van der Waals surface area (Å²) in [7, 11) is -4.90. The maximum Gasteiger partial charge on any atom is 0.416 e. The van der Waals surface area contributed by atoms with E-state index in [0.717, 1.165) is 18.3 Å². The number of sulfonamides is 1. The fourth-order valence-electron chi connectivity index (χ4n) is 2.60. The molecule has 144 valence electrons. The van der Waals surface area contributed by atoms with Gasteiger partial charge in [0, 0.05) is 24.3 Å². The molecule has 0 amide bonds. The zero-order valence-corrected chi connectivity index (χ0v) is 14.0. The molecule has 0 radical (unpaired) electrons. The third kappa shape index (κ3) is 4.10. The first kappa shape index (κ1) is 20.5. The van der Waals surface area contributed by atoms with Crippen LogP contribution in [0.3, 0.4) is 0 Å². The Morgan fingerprint density at radius 3 is 2.08 bits per heavy atom. The molecular weight excluding hydrogens is 386 g/mol. The van der Waals surface area contributed by atoms with Gasteiger partial charge >= 0.3 is 22.4 Å². The molecule has 26 heavy (non-hydrogen) atoms. The lowest BCUT2D eigenvalue weighted by Gasteiger charge is -2.34. The van der Waals surface area contributed by atoms with E-state index in [4.69, 9.17) is 5.73 Å². The van der Waals surface area contributed by atoms with Crippen molar-refractivity contribution in [2.45, 2.75) is 12.4 Å². The molecule has 0 saturated carbocycles. The minimum atomic E-state index is -5.01. The van der Waals surface area contributed by atoms with Crippen molar-refractivity contribution in [1.29, 1.82) is 0 Å². The highest BCUT2D eigenvalue weighted by molar-refractivity contribution is 7.91. The summed E-state index contributed by atoms with van der Waals surface area (Å²) in [5, 5.41) is 0. The van der Waals surface area contributed by atoms with Gasteiger partial charge < -0.3 is 5.73 Å². The summed E-state index contributed by atoms with van der Waals surface area (Å²) in [6.45, 7) is -0.536. The molecule has 2 N–H and O–H groups in total. The van der Waals surface area contributed by atoms with E-state index >= 15 is 0 Å². The van der Waals surface area contributed by atoms with Crippen LogP contribution >= 0.6 is 0 Å². The Bertz CT molecular complexity index is 825. The molecule has 1 heterocycles. The van der Waals surface area contributed by atoms with E-state index in [-0.39, 0.29) is 17.8 Å². The smallest absolute Gasteiger partial charge is 0.326 e. The number of nitrogens with two attached hydrogens (primary N) is 1. The van der Waals surface area contributed by atoms with Gasteiger partial charge in [0.25, 0.3) is 0 Å². The van der Waals surface area contributed by atoms with Gasteiger partial charge in [0.05, 0.1) is 5.56 Å². The summed E-state index contributed by atoms with van der Waals surface area (Å²) >= 11 is 0. The molecule has 0 saturated heterocycles. The maximum atomic E-state index is 12.8. The van der Waals surface area contributed by atoms with E-state index in [1.807, 2.05) is 0 Å². The molecule has 1 aromatic carbocycles. The lowest BCUT2D eigenvalue weighted by molar-refractivity contribution is -0.137. The zero-order valence-electron chi connectivity index (χ0n) is 13.2. The molecule has 0 spiro atoms. The van der Waals surface area contributed by atoms with Crippen molar-refractivity contribution in [3.63, 3.8) is 0 Å². The molecule has 1 aromatic rings. The Morgan fingerprint density at radius 1 is 1.04 bits per heavy atom. The summed E-state index contributed by atoms with van der Waals surface area (Å²) in [5.74, 6) is -2.12. The standard InChI is InChI=1S/C15H15F6N2O2S/c16-14(17,18)10-26(24,25)23(7-1-2-11(8-22)9-23)13-5-3-12(4-6-13)15(19,20)21/h1-6,9H,7-8,10,22H2/q+1. The van der Waals surface area contributed by atoms with E-state index in [0.29, 0.717) is 12.1 Å². The minimum absolute atomic E-state index is 0.140. The van der Waals surface area contributed by atoms with Crippen molar-refractivity contribution >= 4 is 15.7 Å². The fourth-order valence-corrected chi connectivity index (χ4v) is 4.30. The normalized spacial score (nSPS) is 21.6. The van der Waals surface area contributed by atoms with Gasteiger partial charge in [-0.2, -0.15) is 38.6 Å². The monoisotopic (exact) mass is 401 g/mol. The summed E-state index contributed by atoms with van der Waals surface area (Å²) in [5.41, 5.74) is 4.43. The van der Waals surface area contributed by atoms with Crippen LogP contribution in [0.4, 0.5) is 32.0 Å². The molecule has 11 heteroatoms. The average molecular weight is 401 g/mol. The van der Waals surface area contributed by atoms with Gasteiger partial charge in [0.15, 0.2) is 11.4 Å². The number of nitrogens with zero attached hydrogens (tertiary/aromatic N) is 1. The first-order valence-corrected chi connectivity index (χ1v) is 8.85. The molecule has 0 aliphatic carbocycles. The van der Waals surface area contributed by atoms with Gasteiger partial charge in [-0.05, 0) is 18.2 Å². The topological polar surface area (TPSA) is 60.2 Å². The molecule has 1 unspecified atom stereocenters. The fraction of sp³-hybridized carbons (Fsp3) is 0.333. The van der Waals surface area contributed by atoms with Gasteiger partial charge in [-0.15, -0.1) is 0 Å². The van der Waals surface area contributed by atoms with Crippen LogP contribution in [0.5, 0.6) is 0 Å². The molecule has 0 fully saturated rings. The highest BCUT2D eigenvalue weighted by atomic mass is 32.2. The number of quaternary nitrogens is 1. The van der Waals surface area contributed by atoms with Crippen molar-refractivity contribution in [3.8, 4) is 0 Å². The largest absolute Gasteiger partial charge is 0.416 e. The number of halogens is 6. The molecule has 4 nitrogen and oxygen atoms in total. The van der Waals surface area contributed by atoms with Crippen LogP contribution in [-0.2, 0) is 16.2 Å².